The van der Waals surface area contributed by atoms with Crippen molar-refractivity contribution < 1.29 is 0 Å². The molecule has 7 aromatic carbocycles. The van der Waals surface area contributed by atoms with E-state index in [2.05, 4.69) is 163 Å². The Bertz CT molecular complexity index is 2690. The summed E-state index contributed by atoms with van der Waals surface area (Å²) in [5.74, 6) is 1.85. The lowest BCUT2D eigenvalue weighted by Crippen LogP contribution is -2.17. The first-order valence-corrected chi connectivity index (χ1v) is 18.1. The molecule has 0 amide bonds. The maximum absolute atomic E-state index is 5.31. The zero-order valence-corrected chi connectivity index (χ0v) is 29.5. The van der Waals surface area contributed by atoms with E-state index < -0.39 is 0 Å². The van der Waals surface area contributed by atoms with Crippen LogP contribution in [-0.4, -0.2) is 19.5 Å². The SMILES string of the molecule is CC1(C)c2ccccc2-c2ccc3c4ccc(N(c5ccccc5)c5ccccc5)cc4n(-c4nc(-c5ccccc5)nc(-c5ccccc5)n4)c3c21. The van der Waals surface area contributed by atoms with Gasteiger partial charge in [0.2, 0.25) is 5.95 Å². The van der Waals surface area contributed by atoms with Gasteiger partial charge in [-0.05, 0) is 58.7 Å². The fourth-order valence-corrected chi connectivity index (χ4v) is 8.19. The van der Waals surface area contributed by atoms with Gasteiger partial charge in [-0.1, -0.05) is 153 Å². The summed E-state index contributed by atoms with van der Waals surface area (Å²) < 4.78 is 2.30. The van der Waals surface area contributed by atoms with Gasteiger partial charge in [0, 0.05) is 44.4 Å². The van der Waals surface area contributed by atoms with Crippen LogP contribution in [0.1, 0.15) is 25.0 Å². The predicted molar refractivity (Wildman–Crippen MR) is 217 cm³/mol. The maximum Gasteiger partial charge on any atom is 0.238 e. The Morgan fingerprint density at radius 3 is 1.60 bits per heavy atom. The molecule has 0 unspecified atom stereocenters. The highest BCUT2D eigenvalue weighted by molar-refractivity contribution is 6.13. The van der Waals surface area contributed by atoms with Crippen LogP contribution in [0.25, 0.3) is 61.7 Å². The summed E-state index contributed by atoms with van der Waals surface area (Å²) in [6, 6.07) is 61.7. The highest BCUT2D eigenvalue weighted by Gasteiger charge is 2.38. The van der Waals surface area contributed by atoms with Gasteiger partial charge in [-0.2, -0.15) is 9.97 Å². The molecule has 5 nitrogen and oxygen atoms in total. The van der Waals surface area contributed by atoms with Gasteiger partial charge < -0.3 is 4.90 Å². The van der Waals surface area contributed by atoms with Crippen LogP contribution in [0.3, 0.4) is 0 Å². The quantitative estimate of drug-likeness (QED) is 0.175. The van der Waals surface area contributed by atoms with Crippen LogP contribution < -0.4 is 4.90 Å². The van der Waals surface area contributed by atoms with E-state index in [0.29, 0.717) is 17.6 Å². The van der Waals surface area contributed by atoms with E-state index in [9.17, 15) is 0 Å². The second-order valence-electron chi connectivity index (χ2n) is 14.1. The third kappa shape index (κ3) is 4.96. The summed E-state index contributed by atoms with van der Waals surface area (Å²) in [6.07, 6.45) is 0. The van der Waals surface area contributed by atoms with Crippen LogP contribution in [0, 0.1) is 0 Å². The van der Waals surface area contributed by atoms with Crippen molar-refractivity contribution in [2.75, 3.05) is 4.90 Å². The molecule has 9 aromatic rings. The molecular formula is C48H35N5. The van der Waals surface area contributed by atoms with Crippen LogP contribution >= 0.6 is 0 Å². The van der Waals surface area contributed by atoms with Crippen molar-refractivity contribution in [3.8, 4) is 39.9 Å². The minimum Gasteiger partial charge on any atom is -0.310 e. The molecule has 0 spiro atoms. The van der Waals surface area contributed by atoms with Crippen LogP contribution in [0.2, 0.25) is 0 Å². The zero-order chi connectivity index (χ0) is 35.5. The van der Waals surface area contributed by atoms with Gasteiger partial charge >= 0.3 is 0 Å². The van der Waals surface area contributed by atoms with Crippen LogP contribution in [0.4, 0.5) is 17.1 Å². The molecule has 0 bridgehead atoms. The fraction of sp³-hybridized carbons (Fsp3) is 0.0625. The normalized spacial score (nSPS) is 12.9. The molecule has 0 saturated carbocycles. The Labute approximate surface area is 308 Å². The molecule has 2 heterocycles. The standard InChI is InChI=1S/C48H35N5/c1-48(2)41-26-16-15-25-37(41)39-29-30-40-38-28-27-36(52(34-21-11-5-12-22-34)35-23-13-6-14-24-35)31-42(38)53(44(40)43(39)48)47-50-45(32-17-7-3-8-18-32)49-46(51-47)33-19-9-4-10-20-33/h3-31H,1-2H3. The molecule has 0 fully saturated rings. The smallest absolute Gasteiger partial charge is 0.238 e. The maximum atomic E-state index is 5.31. The molecule has 0 radical (unpaired) electrons. The monoisotopic (exact) mass is 681 g/mol. The van der Waals surface area contributed by atoms with Gasteiger partial charge in [-0.15, -0.1) is 0 Å². The van der Waals surface area contributed by atoms with E-state index in [1.165, 1.54) is 27.6 Å². The first-order valence-electron chi connectivity index (χ1n) is 18.1. The van der Waals surface area contributed by atoms with Gasteiger partial charge in [0.25, 0.3) is 0 Å². The van der Waals surface area contributed by atoms with E-state index in [4.69, 9.17) is 15.0 Å². The molecular weight excluding hydrogens is 647 g/mol. The minimum absolute atomic E-state index is 0.266. The van der Waals surface area contributed by atoms with Crippen molar-refractivity contribution in [3.63, 3.8) is 0 Å². The number of anilines is 3. The summed E-state index contributed by atoms with van der Waals surface area (Å²) in [5, 5.41) is 2.31. The summed E-state index contributed by atoms with van der Waals surface area (Å²) >= 11 is 0. The number of hydrogen-bond acceptors (Lipinski definition) is 4. The lowest BCUT2D eigenvalue weighted by molar-refractivity contribution is 0.663. The minimum atomic E-state index is -0.266. The van der Waals surface area contributed by atoms with Crippen molar-refractivity contribution in [2.24, 2.45) is 0 Å². The lowest BCUT2D eigenvalue weighted by Gasteiger charge is -2.25. The first kappa shape index (κ1) is 30.9. The number of aromatic nitrogens is 4. The second-order valence-corrected chi connectivity index (χ2v) is 14.1. The van der Waals surface area contributed by atoms with Crippen molar-refractivity contribution in [1.82, 2.24) is 19.5 Å². The molecule has 252 valence electrons. The van der Waals surface area contributed by atoms with Gasteiger partial charge in [0.15, 0.2) is 11.6 Å². The van der Waals surface area contributed by atoms with E-state index >= 15 is 0 Å². The lowest BCUT2D eigenvalue weighted by atomic mass is 9.81. The number of fused-ring (bicyclic) bond motifs is 7. The molecule has 2 aromatic heterocycles. The highest BCUT2D eigenvalue weighted by Crippen LogP contribution is 2.53. The van der Waals surface area contributed by atoms with Gasteiger partial charge in [-0.3, -0.25) is 4.57 Å². The van der Waals surface area contributed by atoms with E-state index in [1.807, 2.05) is 36.4 Å². The molecule has 1 aliphatic rings. The molecule has 0 saturated heterocycles. The Morgan fingerprint density at radius 2 is 1.00 bits per heavy atom. The van der Waals surface area contributed by atoms with Gasteiger partial charge in [-0.25, -0.2) is 4.98 Å². The molecule has 0 aliphatic heterocycles. The third-order valence-electron chi connectivity index (χ3n) is 10.6. The Balaban J connectivity index is 1.33. The second kappa shape index (κ2) is 12.1. The highest BCUT2D eigenvalue weighted by atomic mass is 15.2. The number of nitrogens with zero attached hydrogens (tertiary/aromatic N) is 5. The Kier molecular flexibility index (Phi) is 7.08. The number of para-hydroxylation sites is 2. The van der Waals surface area contributed by atoms with Gasteiger partial charge in [0.1, 0.15) is 0 Å². The van der Waals surface area contributed by atoms with E-state index in [1.54, 1.807) is 0 Å². The summed E-state index contributed by atoms with van der Waals surface area (Å²) in [4.78, 5) is 18.0. The fourth-order valence-electron chi connectivity index (χ4n) is 8.19. The molecule has 1 aliphatic carbocycles. The third-order valence-corrected chi connectivity index (χ3v) is 10.6. The average molecular weight is 682 g/mol. The number of hydrogen-bond donors (Lipinski definition) is 0. The van der Waals surface area contributed by atoms with E-state index in [-0.39, 0.29) is 5.41 Å². The molecule has 53 heavy (non-hydrogen) atoms. The topological polar surface area (TPSA) is 46.8 Å². The van der Waals surface area contributed by atoms with Crippen molar-refractivity contribution >= 4 is 38.9 Å². The number of benzene rings is 7. The Morgan fingerprint density at radius 1 is 0.472 bits per heavy atom. The van der Waals surface area contributed by atoms with Crippen molar-refractivity contribution in [1.29, 1.82) is 0 Å². The van der Waals surface area contributed by atoms with Crippen LogP contribution in [0.15, 0.2) is 176 Å². The van der Waals surface area contributed by atoms with Gasteiger partial charge in [0.05, 0.1) is 11.0 Å². The largest absolute Gasteiger partial charge is 0.310 e. The number of rotatable bonds is 6. The Hall–Kier alpha value is -6.85. The zero-order valence-electron chi connectivity index (χ0n) is 29.5. The predicted octanol–water partition coefficient (Wildman–Crippen LogP) is 12.1. The molecule has 5 heteroatoms. The van der Waals surface area contributed by atoms with Crippen molar-refractivity contribution in [2.45, 2.75) is 19.3 Å². The average Bonchev–Trinajstić information content (AvgIpc) is 3.67. The molecule has 0 N–H and O–H groups in total. The molecule has 0 atom stereocenters. The molecule has 10 rings (SSSR count). The van der Waals surface area contributed by atoms with Crippen LogP contribution in [0.5, 0.6) is 0 Å². The first-order chi connectivity index (χ1) is 26.1. The van der Waals surface area contributed by atoms with E-state index in [0.717, 1.165) is 44.6 Å². The summed E-state index contributed by atoms with van der Waals surface area (Å²) in [7, 11) is 0. The van der Waals surface area contributed by atoms with Crippen molar-refractivity contribution in [3.05, 3.63) is 187 Å². The summed E-state index contributed by atoms with van der Waals surface area (Å²) in [6.45, 7) is 4.69. The van der Waals surface area contributed by atoms with Crippen LogP contribution in [-0.2, 0) is 5.41 Å². The summed E-state index contributed by atoms with van der Waals surface area (Å²) in [5.41, 5.74) is 12.1.